The molecule has 6 atom stereocenters. The van der Waals surface area contributed by atoms with Crippen LogP contribution in [0.25, 0.3) is 0 Å². The average molecular weight is 291 g/mol. The molecule has 3 heteroatoms. The average Bonchev–Trinajstić information content (AvgIpc) is 2.41. The van der Waals surface area contributed by atoms with Gasteiger partial charge in [-0.3, -0.25) is 9.69 Å². The van der Waals surface area contributed by atoms with Gasteiger partial charge in [0, 0.05) is 18.4 Å². The summed E-state index contributed by atoms with van der Waals surface area (Å²) in [6.45, 7) is 6.59. The minimum atomic E-state index is -0.0751. The van der Waals surface area contributed by atoms with Crippen molar-refractivity contribution in [3.8, 4) is 0 Å². The van der Waals surface area contributed by atoms with E-state index in [9.17, 15) is 4.79 Å². The van der Waals surface area contributed by atoms with Crippen LogP contribution in [0.1, 0.15) is 58.8 Å². The molecule has 0 aromatic carbocycles. The van der Waals surface area contributed by atoms with E-state index in [1.807, 2.05) is 0 Å². The zero-order chi connectivity index (χ0) is 14.6. The highest BCUT2D eigenvalue weighted by molar-refractivity contribution is 5.66. The number of piperidine rings is 2. The standard InChI is InChI=1S/C18H29NO2/c1-12-9-14-10-17(21-13(2)20)16-6-4-8-19-7-3-5-15(14)18(16,19)11-12/h12,14-17H,3-11H2,1-2H3. The molecule has 0 radical (unpaired) electrons. The van der Waals surface area contributed by atoms with Crippen LogP contribution >= 0.6 is 0 Å². The summed E-state index contributed by atoms with van der Waals surface area (Å²) in [6, 6.07) is 0. The molecule has 0 aromatic heterocycles. The molecule has 0 amide bonds. The molecule has 6 unspecified atom stereocenters. The molecule has 2 aliphatic heterocycles. The Morgan fingerprint density at radius 1 is 1.14 bits per heavy atom. The van der Waals surface area contributed by atoms with Crippen LogP contribution in [0.3, 0.4) is 0 Å². The molecule has 1 spiro atoms. The summed E-state index contributed by atoms with van der Waals surface area (Å²) >= 11 is 0. The highest BCUT2D eigenvalue weighted by Gasteiger charge is 2.62. The minimum Gasteiger partial charge on any atom is -0.462 e. The zero-order valence-corrected chi connectivity index (χ0v) is 13.5. The Hall–Kier alpha value is -0.570. The minimum absolute atomic E-state index is 0.0751. The molecule has 2 aliphatic carbocycles. The molecule has 2 bridgehead atoms. The van der Waals surface area contributed by atoms with Gasteiger partial charge in [0.05, 0.1) is 0 Å². The fourth-order valence-corrected chi connectivity index (χ4v) is 6.75. The lowest BCUT2D eigenvalue weighted by Gasteiger charge is -2.67. The summed E-state index contributed by atoms with van der Waals surface area (Å²) in [6.07, 6.45) is 9.37. The first-order valence-corrected chi connectivity index (χ1v) is 9.03. The quantitative estimate of drug-likeness (QED) is 0.695. The Bertz CT molecular complexity index is 435. The largest absolute Gasteiger partial charge is 0.462 e. The molecule has 2 saturated carbocycles. The predicted molar refractivity (Wildman–Crippen MR) is 81.8 cm³/mol. The van der Waals surface area contributed by atoms with Crippen LogP contribution in [-0.4, -0.2) is 35.6 Å². The van der Waals surface area contributed by atoms with Crippen LogP contribution in [-0.2, 0) is 9.53 Å². The maximum atomic E-state index is 11.6. The number of esters is 1. The summed E-state index contributed by atoms with van der Waals surface area (Å²) in [5, 5.41) is 0. The first kappa shape index (κ1) is 14.0. The van der Waals surface area contributed by atoms with Gasteiger partial charge in [0.1, 0.15) is 6.10 Å². The lowest BCUT2D eigenvalue weighted by atomic mass is 9.48. The van der Waals surface area contributed by atoms with E-state index >= 15 is 0 Å². The van der Waals surface area contributed by atoms with Crippen molar-refractivity contribution in [3.05, 3.63) is 0 Å². The highest BCUT2D eigenvalue weighted by atomic mass is 16.5. The lowest BCUT2D eigenvalue weighted by Crippen LogP contribution is -2.72. The van der Waals surface area contributed by atoms with Crippen molar-refractivity contribution in [2.75, 3.05) is 13.1 Å². The summed E-state index contributed by atoms with van der Waals surface area (Å²) < 4.78 is 5.83. The lowest BCUT2D eigenvalue weighted by molar-refractivity contribution is -0.207. The fourth-order valence-electron chi connectivity index (χ4n) is 6.75. The number of carbonyl (C=O) groups is 1. The van der Waals surface area contributed by atoms with Crippen LogP contribution in [0.4, 0.5) is 0 Å². The summed E-state index contributed by atoms with van der Waals surface area (Å²) in [4.78, 5) is 14.4. The van der Waals surface area contributed by atoms with Gasteiger partial charge in [-0.25, -0.2) is 0 Å². The van der Waals surface area contributed by atoms with Crippen molar-refractivity contribution in [3.63, 3.8) is 0 Å². The Balaban J connectivity index is 1.74. The molecule has 0 N–H and O–H groups in total. The number of ether oxygens (including phenoxy) is 1. The van der Waals surface area contributed by atoms with Gasteiger partial charge in [0.25, 0.3) is 0 Å². The van der Waals surface area contributed by atoms with E-state index in [1.165, 1.54) is 51.6 Å². The first-order valence-electron chi connectivity index (χ1n) is 9.03. The Morgan fingerprint density at radius 3 is 2.57 bits per heavy atom. The summed E-state index contributed by atoms with van der Waals surface area (Å²) in [5.41, 5.74) is 0.372. The Labute approximate surface area is 128 Å². The van der Waals surface area contributed by atoms with E-state index in [1.54, 1.807) is 6.92 Å². The number of carbonyl (C=O) groups excluding carboxylic acids is 1. The van der Waals surface area contributed by atoms with Crippen molar-refractivity contribution < 1.29 is 9.53 Å². The summed E-state index contributed by atoms with van der Waals surface area (Å²) in [5.74, 6) is 3.02. The van der Waals surface area contributed by atoms with Crippen molar-refractivity contribution in [1.29, 1.82) is 0 Å². The number of hydrogen-bond acceptors (Lipinski definition) is 3. The second kappa shape index (κ2) is 4.97. The first-order chi connectivity index (χ1) is 10.1. The Morgan fingerprint density at radius 2 is 1.86 bits per heavy atom. The summed E-state index contributed by atoms with van der Waals surface area (Å²) in [7, 11) is 0. The van der Waals surface area contributed by atoms with Gasteiger partial charge in [-0.2, -0.15) is 0 Å². The Kier molecular flexibility index (Phi) is 3.33. The van der Waals surface area contributed by atoms with Gasteiger partial charge in [0.2, 0.25) is 0 Å². The molecule has 21 heavy (non-hydrogen) atoms. The van der Waals surface area contributed by atoms with Crippen LogP contribution in [0.5, 0.6) is 0 Å². The monoisotopic (exact) mass is 291 g/mol. The van der Waals surface area contributed by atoms with E-state index in [-0.39, 0.29) is 12.1 Å². The SMILES string of the molecule is CC(=O)OC1CC2CC(C)CC34C2CCCN3CCCC14. The maximum absolute atomic E-state index is 11.6. The van der Waals surface area contributed by atoms with Crippen molar-refractivity contribution in [1.82, 2.24) is 4.90 Å². The van der Waals surface area contributed by atoms with Crippen molar-refractivity contribution >= 4 is 5.97 Å². The predicted octanol–water partition coefficient (Wildman–Crippen LogP) is 3.23. The van der Waals surface area contributed by atoms with Gasteiger partial charge in [0.15, 0.2) is 0 Å². The van der Waals surface area contributed by atoms with E-state index < -0.39 is 0 Å². The van der Waals surface area contributed by atoms with E-state index in [2.05, 4.69) is 11.8 Å². The van der Waals surface area contributed by atoms with Gasteiger partial charge in [-0.05, 0) is 75.8 Å². The smallest absolute Gasteiger partial charge is 0.302 e. The van der Waals surface area contributed by atoms with Gasteiger partial charge in [-0.1, -0.05) is 6.92 Å². The van der Waals surface area contributed by atoms with Crippen molar-refractivity contribution in [2.24, 2.45) is 23.7 Å². The molecule has 2 heterocycles. The van der Waals surface area contributed by atoms with E-state index in [0.717, 1.165) is 24.2 Å². The molecule has 3 nitrogen and oxygen atoms in total. The van der Waals surface area contributed by atoms with Crippen LogP contribution in [0, 0.1) is 23.7 Å². The van der Waals surface area contributed by atoms with Crippen LogP contribution in [0.2, 0.25) is 0 Å². The van der Waals surface area contributed by atoms with Gasteiger partial charge >= 0.3 is 5.97 Å². The third kappa shape index (κ3) is 1.99. The third-order valence-electron chi connectivity index (χ3n) is 7.01. The molecular weight excluding hydrogens is 262 g/mol. The molecule has 2 saturated heterocycles. The normalized spacial score (nSPS) is 49.3. The van der Waals surface area contributed by atoms with E-state index in [0.29, 0.717) is 11.5 Å². The van der Waals surface area contributed by atoms with Crippen LogP contribution in [0.15, 0.2) is 0 Å². The van der Waals surface area contributed by atoms with E-state index in [4.69, 9.17) is 4.74 Å². The van der Waals surface area contributed by atoms with Crippen molar-refractivity contribution in [2.45, 2.75) is 70.4 Å². The molecule has 4 aliphatic rings. The second-order valence-electron chi connectivity index (χ2n) is 8.16. The zero-order valence-electron chi connectivity index (χ0n) is 13.5. The number of nitrogens with zero attached hydrogens (tertiary/aromatic N) is 1. The van der Waals surface area contributed by atoms with Gasteiger partial charge < -0.3 is 4.74 Å². The number of hydrogen-bond donors (Lipinski definition) is 0. The highest BCUT2D eigenvalue weighted by Crippen LogP contribution is 2.60. The van der Waals surface area contributed by atoms with Crippen LogP contribution < -0.4 is 0 Å². The maximum Gasteiger partial charge on any atom is 0.302 e. The molecular formula is C18H29NO2. The molecule has 4 rings (SSSR count). The molecule has 0 aromatic rings. The number of rotatable bonds is 1. The molecule has 118 valence electrons. The topological polar surface area (TPSA) is 29.5 Å². The third-order valence-corrected chi connectivity index (χ3v) is 7.01. The van der Waals surface area contributed by atoms with Gasteiger partial charge in [-0.15, -0.1) is 0 Å². The fraction of sp³-hybridized carbons (Fsp3) is 0.944. The second-order valence-corrected chi connectivity index (χ2v) is 8.16. The molecule has 4 fully saturated rings.